The third kappa shape index (κ3) is 2.94. The average molecular weight is 256 g/mol. The van der Waals surface area contributed by atoms with Crippen LogP contribution in [0.15, 0.2) is 0 Å². The van der Waals surface area contributed by atoms with E-state index in [-0.39, 0.29) is 6.61 Å². The molecule has 0 bridgehead atoms. The molecule has 1 aliphatic carbocycles. The lowest BCUT2D eigenvalue weighted by molar-refractivity contribution is 0.205. The molecule has 1 N–H and O–H groups in total. The average Bonchev–Trinajstić information content (AvgIpc) is 3.10. The van der Waals surface area contributed by atoms with E-state index in [1.54, 1.807) is 9.25 Å². The van der Waals surface area contributed by atoms with Crippen molar-refractivity contribution in [2.75, 3.05) is 13.1 Å². The number of hydrogen-bond acceptors (Lipinski definition) is 4. The number of aliphatic hydroxyl groups excluding tert-OH is 1. The zero-order chi connectivity index (χ0) is 12.4. The van der Waals surface area contributed by atoms with Crippen LogP contribution in [0, 0.1) is 10.7 Å². The fourth-order valence-electron chi connectivity index (χ4n) is 1.90. The van der Waals surface area contributed by atoms with Gasteiger partial charge in [0.05, 0.1) is 6.67 Å². The highest BCUT2D eigenvalue weighted by atomic mass is 32.1. The summed E-state index contributed by atoms with van der Waals surface area (Å²) in [4.78, 5) is 2.35. The molecule has 0 aromatic carbocycles. The van der Waals surface area contributed by atoms with E-state index in [1.165, 1.54) is 12.8 Å². The Balaban J connectivity index is 2.07. The van der Waals surface area contributed by atoms with E-state index in [1.807, 2.05) is 7.05 Å². The van der Waals surface area contributed by atoms with Crippen LogP contribution in [0.5, 0.6) is 0 Å². The Morgan fingerprint density at radius 2 is 2.24 bits per heavy atom. The molecule has 1 heterocycles. The van der Waals surface area contributed by atoms with Crippen molar-refractivity contribution in [1.29, 1.82) is 0 Å². The van der Waals surface area contributed by atoms with Gasteiger partial charge in [-0.25, -0.2) is 4.68 Å². The largest absolute Gasteiger partial charge is 0.388 e. The first-order valence-electron chi connectivity index (χ1n) is 6.11. The number of aromatic nitrogens is 3. The van der Waals surface area contributed by atoms with Crippen LogP contribution in [0.2, 0.25) is 0 Å². The molecule has 1 fully saturated rings. The minimum atomic E-state index is -0.0676. The van der Waals surface area contributed by atoms with Gasteiger partial charge in [-0.2, -0.15) is 5.10 Å². The molecule has 0 aliphatic heterocycles. The van der Waals surface area contributed by atoms with Gasteiger partial charge in [0.15, 0.2) is 10.6 Å². The summed E-state index contributed by atoms with van der Waals surface area (Å²) in [6, 6.07) is 0. The molecule has 0 saturated heterocycles. The topological polar surface area (TPSA) is 46.2 Å². The van der Waals surface area contributed by atoms with E-state index in [4.69, 9.17) is 17.3 Å². The maximum absolute atomic E-state index is 9.15. The number of nitrogens with zero attached hydrogens (tertiary/aromatic N) is 4. The first-order chi connectivity index (χ1) is 8.15. The third-order valence-corrected chi connectivity index (χ3v) is 3.75. The Bertz CT molecular complexity index is 435. The summed E-state index contributed by atoms with van der Waals surface area (Å²) in [6.07, 6.45) is 2.71. The van der Waals surface area contributed by atoms with E-state index < -0.39 is 0 Å². The molecular weight excluding hydrogens is 236 g/mol. The quantitative estimate of drug-likeness (QED) is 0.775. The van der Waals surface area contributed by atoms with E-state index in [9.17, 15) is 0 Å². The van der Waals surface area contributed by atoms with Crippen LogP contribution in [-0.2, 0) is 20.3 Å². The van der Waals surface area contributed by atoms with Crippen molar-refractivity contribution in [3.8, 4) is 0 Å². The van der Waals surface area contributed by atoms with Gasteiger partial charge >= 0.3 is 0 Å². The van der Waals surface area contributed by atoms with Gasteiger partial charge in [-0.05, 0) is 37.5 Å². The molecule has 2 rings (SSSR count). The van der Waals surface area contributed by atoms with Crippen molar-refractivity contribution in [3.05, 3.63) is 10.6 Å². The molecule has 0 radical (unpaired) electrons. The Morgan fingerprint density at radius 1 is 1.53 bits per heavy atom. The first-order valence-corrected chi connectivity index (χ1v) is 6.52. The first kappa shape index (κ1) is 12.7. The van der Waals surface area contributed by atoms with Gasteiger partial charge in [0.1, 0.15) is 6.61 Å². The summed E-state index contributed by atoms with van der Waals surface area (Å²) in [5, 5.41) is 13.5. The summed E-state index contributed by atoms with van der Waals surface area (Å²) in [6.45, 7) is 4.94. The molecule has 1 aromatic rings. The Morgan fingerprint density at radius 3 is 2.71 bits per heavy atom. The predicted molar refractivity (Wildman–Crippen MR) is 67.9 cm³/mol. The predicted octanol–water partition coefficient (Wildman–Crippen LogP) is 1.13. The molecular formula is C11H20N4OS. The van der Waals surface area contributed by atoms with Crippen LogP contribution in [-0.4, -0.2) is 37.4 Å². The molecule has 0 atom stereocenters. The number of rotatable bonds is 6. The Kier molecular flexibility index (Phi) is 3.96. The molecule has 1 aromatic heterocycles. The molecule has 0 amide bonds. The minimum Gasteiger partial charge on any atom is -0.388 e. The second-order valence-electron chi connectivity index (χ2n) is 4.67. The van der Waals surface area contributed by atoms with Gasteiger partial charge in [0.2, 0.25) is 0 Å². The summed E-state index contributed by atoms with van der Waals surface area (Å²) in [5.74, 6) is 1.49. The lowest BCUT2D eigenvalue weighted by Crippen LogP contribution is -2.29. The van der Waals surface area contributed by atoms with Crippen LogP contribution in [0.25, 0.3) is 0 Å². The standard InChI is InChI=1S/C11H20N4OS/c1-3-14(6-9-4-5-9)8-15-11(17)13(2)10(7-16)12-15/h9,16H,3-8H2,1-2H3. The van der Waals surface area contributed by atoms with Gasteiger partial charge < -0.3 is 9.67 Å². The zero-order valence-corrected chi connectivity index (χ0v) is 11.3. The van der Waals surface area contributed by atoms with Gasteiger partial charge in [0, 0.05) is 13.6 Å². The smallest absolute Gasteiger partial charge is 0.198 e. The fraction of sp³-hybridized carbons (Fsp3) is 0.818. The molecule has 5 nitrogen and oxygen atoms in total. The lowest BCUT2D eigenvalue weighted by Gasteiger charge is -2.19. The Hall–Kier alpha value is -0.720. The summed E-state index contributed by atoms with van der Waals surface area (Å²) >= 11 is 5.30. The van der Waals surface area contributed by atoms with Crippen molar-refractivity contribution in [1.82, 2.24) is 19.2 Å². The van der Waals surface area contributed by atoms with Gasteiger partial charge in [0.25, 0.3) is 0 Å². The summed E-state index contributed by atoms with van der Waals surface area (Å²) < 4.78 is 4.23. The van der Waals surface area contributed by atoms with Crippen molar-refractivity contribution in [3.63, 3.8) is 0 Å². The van der Waals surface area contributed by atoms with E-state index in [2.05, 4.69) is 16.9 Å². The van der Waals surface area contributed by atoms with Gasteiger partial charge in [-0.3, -0.25) is 4.90 Å². The Labute approximate surface area is 107 Å². The normalized spacial score (nSPS) is 15.8. The highest BCUT2D eigenvalue weighted by Gasteiger charge is 2.24. The molecule has 17 heavy (non-hydrogen) atoms. The SMILES string of the molecule is CCN(CC1CC1)Cn1nc(CO)n(C)c1=S. The van der Waals surface area contributed by atoms with Crippen molar-refractivity contribution >= 4 is 12.2 Å². The summed E-state index contributed by atoms with van der Waals surface area (Å²) in [5.41, 5.74) is 0. The highest BCUT2D eigenvalue weighted by molar-refractivity contribution is 7.71. The lowest BCUT2D eigenvalue weighted by atomic mass is 10.4. The van der Waals surface area contributed by atoms with Crippen molar-refractivity contribution < 1.29 is 5.11 Å². The maximum Gasteiger partial charge on any atom is 0.198 e. The highest BCUT2D eigenvalue weighted by Crippen LogP contribution is 2.29. The molecule has 1 aliphatic rings. The molecule has 0 spiro atoms. The van der Waals surface area contributed by atoms with Crippen molar-refractivity contribution in [2.45, 2.75) is 33.0 Å². The van der Waals surface area contributed by atoms with Crippen LogP contribution in [0.3, 0.4) is 0 Å². The molecule has 6 heteroatoms. The van der Waals surface area contributed by atoms with Gasteiger partial charge in [-0.1, -0.05) is 6.92 Å². The summed E-state index contributed by atoms with van der Waals surface area (Å²) in [7, 11) is 1.84. The van der Waals surface area contributed by atoms with Crippen LogP contribution < -0.4 is 0 Å². The number of aliphatic hydroxyl groups is 1. The zero-order valence-electron chi connectivity index (χ0n) is 10.5. The number of hydrogen-bond donors (Lipinski definition) is 1. The van der Waals surface area contributed by atoms with E-state index in [0.29, 0.717) is 10.6 Å². The maximum atomic E-state index is 9.15. The third-order valence-electron chi connectivity index (χ3n) is 3.27. The second-order valence-corrected chi connectivity index (χ2v) is 5.04. The van der Waals surface area contributed by atoms with Crippen molar-refractivity contribution in [2.24, 2.45) is 13.0 Å². The van der Waals surface area contributed by atoms with Crippen LogP contribution >= 0.6 is 12.2 Å². The molecule has 0 unspecified atom stereocenters. The molecule has 96 valence electrons. The second kappa shape index (κ2) is 5.29. The van der Waals surface area contributed by atoms with Crippen LogP contribution in [0.4, 0.5) is 0 Å². The monoisotopic (exact) mass is 256 g/mol. The van der Waals surface area contributed by atoms with E-state index in [0.717, 1.165) is 25.7 Å². The van der Waals surface area contributed by atoms with Gasteiger partial charge in [-0.15, -0.1) is 0 Å². The van der Waals surface area contributed by atoms with E-state index >= 15 is 0 Å². The molecule has 1 saturated carbocycles. The van der Waals surface area contributed by atoms with Crippen LogP contribution in [0.1, 0.15) is 25.6 Å². The fourth-order valence-corrected chi connectivity index (χ4v) is 2.11. The minimum absolute atomic E-state index is 0.0676.